The summed E-state index contributed by atoms with van der Waals surface area (Å²) in [6, 6.07) is 7.48. The molecular formula is C12H15BrN4O2S. The van der Waals surface area contributed by atoms with Crippen molar-refractivity contribution in [2.45, 2.75) is 11.6 Å². The Balaban J connectivity index is 2.31. The van der Waals surface area contributed by atoms with Crippen LogP contribution in [0.25, 0.3) is 0 Å². The Hall–Kier alpha value is -1.38. The number of benzene rings is 1. The minimum absolute atomic E-state index is 0.00796. The van der Waals surface area contributed by atoms with E-state index in [1.165, 1.54) is 22.2 Å². The van der Waals surface area contributed by atoms with E-state index < -0.39 is 10.0 Å². The number of anilines is 1. The third-order valence-corrected chi connectivity index (χ3v) is 5.29. The molecule has 0 aliphatic carbocycles. The first kappa shape index (κ1) is 15.0. The van der Waals surface area contributed by atoms with Crippen LogP contribution in [0.4, 0.5) is 5.82 Å². The predicted octanol–water partition coefficient (Wildman–Crippen LogP) is 1.59. The van der Waals surface area contributed by atoms with Gasteiger partial charge in [0.2, 0.25) is 0 Å². The first-order valence-electron chi connectivity index (χ1n) is 5.80. The van der Waals surface area contributed by atoms with Crippen LogP contribution in [0.5, 0.6) is 0 Å². The van der Waals surface area contributed by atoms with E-state index in [1.807, 2.05) is 24.3 Å². The fourth-order valence-corrected chi connectivity index (χ4v) is 3.67. The van der Waals surface area contributed by atoms with Crippen molar-refractivity contribution in [3.8, 4) is 0 Å². The van der Waals surface area contributed by atoms with Crippen LogP contribution >= 0.6 is 15.9 Å². The molecule has 0 spiro atoms. The summed E-state index contributed by atoms with van der Waals surface area (Å²) in [6.07, 6.45) is 1.38. The molecule has 0 saturated carbocycles. The van der Waals surface area contributed by atoms with Gasteiger partial charge in [-0.1, -0.05) is 28.1 Å². The smallest absolute Gasteiger partial charge is 0.262 e. The van der Waals surface area contributed by atoms with Crippen LogP contribution in [0.3, 0.4) is 0 Å². The van der Waals surface area contributed by atoms with Crippen LogP contribution in [0.1, 0.15) is 5.56 Å². The summed E-state index contributed by atoms with van der Waals surface area (Å²) in [5, 5.41) is 0.00926. The number of rotatable bonds is 4. The third-order valence-electron chi connectivity index (χ3n) is 2.86. The molecule has 20 heavy (non-hydrogen) atoms. The summed E-state index contributed by atoms with van der Waals surface area (Å²) in [4.78, 5) is 3.81. The van der Waals surface area contributed by atoms with Crippen molar-refractivity contribution in [2.75, 3.05) is 12.8 Å². The molecule has 2 N–H and O–H groups in total. The second kappa shape index (κ2) is 5.55. The van der Waals surface area contributed by atoms with E-state index in [1.54, 1.807) is 7.05 Å². The summed E-state index contributed by atoms with van der Waals surface area (Å²) in [6.45, 7) is 0.256. The average molecular weight is 359 g/mol. The highest BCUT2D eigenvalue weighted by atomic mass is 79.9. The number of halogens is 1. The maximum absolute atomic E-state index is 12.5. The fraction of sp³-hybridized carbons (Fsp3) is 0.250. The van der Waals surface area contributed by atoms with Gasteiger partial charge in [-0.3, -0.25) is 0 Å². The number of sulfonamides is 1. The van der Waals surface area contributed by atoms with Gasteiger partial charge in [-0.15, -0.1) is 0 Å². The van der Waals surface area contributed by atoms with Crippen LogP contribution in [0, 0.1) is 0 Å². The summed E-state index contributed by atoms with van der Waals surface area (Å²) in [5.74, 6) is 0.00796. The molecule has 108 valence electrons. The van der Waals surface area contributed by atoms with Gasteiger partial charge in [0.05, 0.1) is 6.33 Å². The maximum atomic E-state index is 12.5. The van der Waals surface area contributed by atoms with E-state index in [2.05, 4.69) is 20.9 Å². The van der Waals surface area contributed by atoms with Crippen molar-refractivity contribution in [1.82, 2.24) is 13.9 Å². The molecule has 0 bridgehead atoms. The standard InChI is InChI=1S/C12H15BrN4O2S/c1-16-8-15-11(14)12(16)20(18,19)17(2)7-9-4-3-5-10(13)6-9/h3-6,8H,7,14H2,1-2H3. The Morgan fingerprint density at radius 3 is 2.70 bits per heavy atom. The van der Waals surface area contributed by atoms with Gasteiger partial charge >= 0.3 is 0 Å². The molecule has 6 nitrogen and oxygen atoms in total. The molecule has 0 aliphatic rings. The SMILES string of the molecule is CN(Cc1cccc(Br)c1)S(=O)(=O)c1c(N)ncn1C. The van der Waals surface area contributed by atoms with Gasteiger partial charge in [0.15, 0.2) is 10.8 Å². The second-order valence-electron chi connectivity index (χ2n) is 4.44. The largest absolute Gasteiger partial charge is 0.381 e. The maximum Gasteiger partial charge on any atom is 0.262 e. The normalized spacial score (nSPS) is 12.0. The van der Waals surface area contributed by atoms with Gasteiger partial charge < -0.3 is 10.3 Å². The lowest BCUT2D eigenvalue weighted by atomic mass is 10.2. The van der Waals surface area contributed by atoms with Crippen LogP contribution in [0.15, 0.2) is 40.1 Å². The van der Waals surface area contributed by atoms with E-state index >= 15 is 0 Å². The number of hydrogen-bond acceptors (Lipinski definition) is 4. The second-order valence-corrected chi connectivity index (χ2v) is 7.31. The Morgan fingerprint density at radius 2 is 2.15 bits per heavy atom. The van der Waals surface area contributed by atoms with Crippen molar-refractivity contribution in [1.29, 1.82) is 0 Å². The van der Waals surface area contributed by atoms with Crippen LogP contribution in [-0.4, -0.2) is 29.3 Å². The lowest BCUT2D eigenvalue weighted by Crippen LogP contribution is -2.28. The number of hydrogen-bond donors (Lipinski definition) is 1. The molecule has 2 aromatic rings. The molecule has 1 aromatic heterocycles. The summed E-state index contributed by atoms with van der Waals surface area (Å²) in [5.41, 5.74) is 6.52. The molecular weight excluding hydrogens is 344 g/mol. The molecule has 2 rings (SSSR count). The predicted molar refractivity (Wildman–Crippen MR) is 80.4 cm³/mol. The monoisotopic (exact) mass is 358 g/mol. The minimum Gasteiger partial charge on any atom is -0.381 e. The van der Waals surface area contributed by atoms with Gasteiger partial charge in [0, 0.05) is 25.1 Å². The zero-order valence-electron chi connectivity index (χ0n) is 11.1. The van der Waals surface area contributed by atoms with E-state index in [-0.39, 0.29) is 17.4 Å². The highest BCUT2D eigenvalue weighted by Crippen LogP contribution is 2.21. The topological polar surface area (TPSA) is 81.2 Å². The molecule has 0 fully saturated rings. The zero-order valence-corrected chi connectivity index (χ0v) is 13.5. The van der Waals surface area contributed by atoms with Crippen molar-refractivity contribution in [3.63, 3.8) is 0 Å². The molecule has 0 amide bonds. The van der Waals surface area contributed by atoms with Gasteiger partial charge in [-0.25, -0.2) is 13.4 Å². The van der Waals surface area contributed by atoms with E-state index in [0.29, 0.717) is 0 Å². The summed E-state index contributed by atoms with van der Waals surface area (Å²) in [7, 11) is -0.558. The van der Waals surface area contributed by atoms with Crippen LogP contribution in [-0.2, 0) is 23.6 Å². The Morgan fingerprint density at radius 1 is 1.45 bits per heavy atom. The lowest BCUT2D eigenvalue weighted by Gasteiger charge is -2.17. The van der Waals surface area contributed by atoms with Gasteiger partial charge in [-0.05, 0) is 17.7 Å². The van der Waals surface area contributed by atoms with Crippen molar-refractivity contribution < 1.29 is 8.42 Å². The Bertz CT molecular complexity index is 707. The van der Waals surface area contributed by atoms with Crippen LogP contribution in [0.2, 0.25) is 0 Å². The summed E-state index contributed by atoms with van der Waals surface area (Å²) >= 11 is 3.36. The number of aryl methyl sites for hydroxylation is 1. The molecule has 0 aliphatic heterocycles. The summed E-state index contributed by atoms with van der Waals surface area (Å²) < 4.78 is 28.6. The van der Waals surface area contributed by atoms with Crippen molar-refractivity contribution in [2.24, 2.45) is 7.05 Å². The number of nitrogens with zero attached hydrogens (tertiary/aromatic N) is 3. The number of nitrogen functional groups attached to an aromatic ring is 1. The quantitative estimate of drug-likeness (QED) is 0.899. The van der Waals surface area contributed by atoms with Gasteiger partial charge in [-0.2, -0.15) is 4.31 Å². The minimum atomic E-state index is -3.67. The zero-order chi connectivity index (χ0) is 14.9. The van der Waals surface area contributed by atoms with E-state index in [0.717, 1.165) is 10.0 Å². The Labute approximate surface area is 126 Å². The lowest BCUT2D eigenvalue weighted by molar-refractivity contribution is 0.461. The van der Waals surface area contributed by atoms with Gasteiger partial charge in [0.25, 0.3) is 10.0 Å². The van der Waals surface area contributed by atoms with E-state index in [4.69, 9.17) is 5.73 Å². The molecule has 0 radical (unpaired) electrons. The molecule has 1 heterocycles. The van der Waals surface area contributed by atoms with Gasteiger partial charge in [0.1, 0.15) is 0 Å². The highest BCUT2D eigenvalue weighted by molar-refractivity contribution is 9.10. The molecule has 0 unspecified atom stereocenters. The highest BCUT2D eigenvalue weighted by Gasteiger charge is 2.27. The average Bonchev–Trinajstić information content (AvgIpc) is 2.69. The molecule has 0 atom stereocenters. The fourth-order valence-electron chi connectivity index (χ4n) is 1.88. The molecule has 1 aromatic carbocycles. The first-order chi connectivity index (χ1) is 9.32. The number of imidazole rings is 1. The molecule has 8 heteroatoms. The molecule has 0 saturated heterocycles. The van der Waals surface area contributed by atoms with Crippen molar-refractivity contribution in [3.05, 3.63) is 40.6 Å². The van der Waals surface area contributed by atoms with Crippen LogP contribution < -0.4 is 5.73 Å². The van der Waals surface area contributed by atoms with E-state index in [9.17, 15) is 8.42 Å². The van der Waals surface area contributed by atoms with Crippen molar-refractivity contribution >= 4 is 31.8 Å². The number of aromatic nitrogens is 2. The third kappa shape index (κ3) is 2.87. The number of nitrogens with two attached hydrogens (primary N) is 1. The Kier molecular flexibility index (Phi) is 4.17. The first-order valence-corrected chi connectivity index (χ1v) is 8.03.